The molecule has 1 heterocycles. The lowest BCUT2D eigenvalue weighted by Crippen LogP contribution is -2.58. The number of halogens is 1. The number of rotatable bonds is 11. The van der Waals surface area contributed by atoms with Crippen LogP contribution in [0.2, 0.25) is 5.02 Å². The smallest absolute Gasteiger partial charge is 0.243 e. The van der Waals surface area contributed by atoms with Gasteiger partial charge in [0.1, 0.15) is 11.8 Å². The highest BCUT2D eigenvalue weighted by molar-refractivity contribution is 7.89. The normalized spacial score (nSPS) is 18.9. The van der Waals surface area contributed by atoms with Crippen molar-refractivity contribution in [3.05, 3.63) is 94.0 Å². The fourth-order valence-electron chi connectivity index (χ4n) is 5.84. The molecule has 1 fully saturated rings. The third-order valence-corrected chi connectivity index (χ3v) is 10.2. The summed E-state index contributed by atoms with van der Waals surface area (Å²) >= 11 is 5.93. The zero-order valence-corrected chi connectivity index (χ0v) is 25.7. The molecular weight excluding hydrogens is 588 g/mol. The van der Waals surface area contributed by atoms with Gasteiger partial charge in [-0.05, 0) is 84.8 Å². The van der Waals surface area contributed by atoms with E-state index < -0.39 is 22.0 Å². The highest BCUT2D eigenvalue weighted by atomic mass is 35.5. The first-order chi connectivity index (χ1) is 20.8. The predicted molar refractivity (Wildman–Crippen MR) is 165 cm³/mol. The van der Waals surface area contributed by atoms with Crippen LogP contribution in [0.3, 0.4) is 0 Å². The van der Waals surface area contributed by atoms with E-state index in [4.69, 9.17) is 16.3 Å². The van der Waals surface area contributed by atoms with E-state index >= 15 is 0 Å². The molecule has 0 bridgehead atoms. The lowest BCUT2D eigenvalue weighted by atomic mass is 9.86. The zero-order chi connectivity index (χ0) is 30.4. The van der Waals surface area contributed by atoms with Gasteiger partial charge in [-0.15, -0.1) is 0 Å². The minimum absolute atomic E-state index is 0.0308. The maximum Gasteiger partial charge on any atom is 0.243 e. The fraction of sp³-hybridized carbons (Fsp3) is 0.375. The van der Waals surface area contributed by atoms with E-state index in [2.05, 4.69) is 40.2 Å². The predicted octanol–water partition coefficient (Wildman–Crippen LogP) is 3.75. The van der Waals surface area contributed by atoms with Gasteiger partial charge >= 0.3 is 0 Å². The molecule has 2 amide bonds. The van der Waals surface area contributed by atoms with Crippen molar-refractivity contribution in [1.82, 2.24) is 20.3 Å². The molecule has 0 saturated carbocycles. The van der Waals surface area contributed by atoms with Gasteiger partial charge < -0.3 is 20.7 Å². The van der Waals surface area contributed by atoms with E-state index in [-0.39, 0.29) is 36.4 Å². The van der Waals surface area contributed by atoms with E-state index in [9.17, 15) is 18.0 Å². The molecule has 1 aliphatic heterocycles. The van der Waals surface area contributed by atoms with Crippen LogP contribution < -0.4 is 20.7 Å². The van der Waals surface area contributed by atoms with Crippen molar-refractivity contribution in [2.75, 3.05) is 26.7 Å². The van der Waals surface area contributed by atoms with Gasteiger partial charge in [0.15, 0.2) is 0 Å². The summed E-state index contributed by atoms with van der Waals surface area (Å²) in [5.41, 5.74) is 4.60. The third kappa shape index (κ3) is 7.38. The Labute approximate surface area is 258 Å². The highest BCUT2D eigenvalue weighted by Gasteiger charge is 2.40. The second-order valence-electron chi connectivity index (χ2n) is 10.9. The number of carbonyl (C=O) groups is 2. The molecule has 0 aromatic heterocycles. The molecule has 2 atom stereocenters. The van der Waals surface area contributed by atoms with Crippen LogP contribution in [0.5, 0.6) is 5.75 Å². The van der Waals surface area contributed by atoms with E-state index in [1.54, 1.807) is 7.11 Å². The fourth-order valence-corrected chi connectivity index (χ4v) is 7.55. The number of aryl methyl sites for hydroxylation is 1. The van der Waals surface area contributed by atoms with Crippen LogP contribution >= 0.6 is 11.6 Å². The summed E-state index contributed by atoms with van der Waals surface area (Å²) < 4.78 is 33.3. The molecule has 2 aliphatic rings. The minimum atomic E-state index is -4.00. The van der Waals surface area contributed by atoms with Crippen molar-refractivity contribution in [3.8, 4) is 5.75 Å². The van der Waals surface area contributed by atoms with Gasteiger partial charge in [0.05, 0.1) is 24.5 Å². The topological polar surface area (TPSA) is 117 Å². The molecule has 3 aromatic rings. The van der Waals surface area contributed by atoms with E-state index in [1.165, 1.54) is 35.4 Å². The van der Waals surface area contributed by atoms with E-state index in [1.807, 2.05) is 18.2 Å². The van der Waals surface area contributed by atoms with Crippen LogP contribution in [0.25, 0.3) is 0 Å². The van der Waals surface area contributed by atoms with Crippen LogP contribution in [0.4, 0.5) is 0 Å². The summed E-state index contributed by atoms with van der Waals surface area (Å²) in [5.74, 6) is 0.0512. The van der Waals surface area contributed by atoms with E-state index in [0.717, 1.165) is 60.0 Å². The Morgan fingerprint density at radius 2 is 1.91 bits per heavy atom. The number of nitrogens with zero attached hydrogens (tertiary/aromatic N) is 1. The molecule has 1 saturated heterocycles. The molecule has 0 unspecified atom stereocenters. The molecule has 0 spiro atoms. The zero-order valence-electron chi connectivity index (χ0n) is 24.1. The average molecular weight is 625 g/mol. The number of benzene rings is 3. The van der Waals surface area contributed by atoms with Gasteiger partial charge in [-0.25, -0.2) is 8.42 Å². The summed E-state index contributed by atoms with van der Waals surface area (Å²) in [6.45, 7) is 1.80. The second-order valence-corrected chi connectivity index (χ2v) is 13.2. The molecule has 3 N–H and O–H groups in total. The second kappa shape index (κ2) is 13.9. The average Bonchev–Trinajstić information content (AvgIpc) is 3.00. The van der Waals surface area contributed by atoms with Gasteiger partial charge in [-0.2, -0.15) is 4.31 Å². The lowest BCUT2D eigenvalue weighted by molar-refractivity contribution is -0.132. The summed E-state index contributed by atoms with van der Waals surface area (Å²) in [5, 5.41) is 9.70. The number of ether oxygens (including phenoxy) is 1. The Hall–Kier alpha value is -3.44. The summed E-state index contributed by atoms with van der Waals surface area (Å²) in [6.07, 6.45) is 3.22. The van der Waals surface area contributed by atoms with Crippen LogP contribution in [0.1, 0.15) is 47.6 Å². The first-order valence-electron chi connectivity index (χ1n) is 14.5. The number of hydrogen-bond acceptors (Lipinski definition) is 6. The number of sulfonamides is 1. The number of piperazine rings is 1. The third-order valence-electron chi connectivity index (χ3n) is 8.03. The van der Waals surface area contributed by atoms with Crippen molar-refractivity contribution in [2.45, 2.75) is 55.6 Å². The van der Waals surface area contributed by atoms with Crippen molar-refractivity contribution < 1.29 is 22.7 Å². The van der Waals surface area contributed by atoms with E-state index in [0.29, 0.717) is 5.02 Å². The molecule has 228 valence electrons. The molecule has 43 heavy (non-hydrogen) atoms. The van der Waals surface area contributed by atoms with Gasteiger partial charge in [0, 0.05) is 24.7 Å². The van der Waals surface area contributed by atoms with Crippen molar-refractivity contribution in [3.63, 3.8) is 0 Å². The first kappa shape index (κ1) is 31.0. The van der Waals surface area contributed by atoms with Crippen LogP contribution in [0, 0.1) is 0 Å². The number of methoxy groups -OCH3 is 1. The highest BCUT2D eigenvalue weighted by Crippen LogP contribution is 2.31. The SMILES string of the molecule is COc1ccccc1CCNCc1ccc2c(c1)CCC[C@H]2NC(=O)C[C@@H]1C(=O)NCCN1S(=O)(=O)c1ccc(Cl)cc1. The molecule has 11 heteroatoms. The number of fused-ring (bicyclic) bond motifs is 1. The lowest BCUT2D eigenvalue weighted by Gasteiger charge is -2.34. The number of amides is 2. The maximum absolute atomic E-state index is 13.4. The van der Waals surface area contributed by atoms with Gasteiger partial charge in [-0.3, -0.25) is 9.59 Å². The Kier molecular flexibility index (Phi) is 10.0. The van der Waals surface area contributed by atoms with Crippen molar-refractivity contribution in [2.24, 2.45) is 0 Å². The summed E-state index contributed by atoms with van der Waals surface area (Å²) in [4.78, 5) is 26.1. The molecule has 1 aliphatic carbocycles. The molecule has 0 radical (unpaired) electrons. The Morgan fingerprint density at radius 3 is 2.70 bits per heavy atom. The van der Waals surface area contributed by atoms with Gasteiger partial charge in [-0.1, -0.05) is 48.0 Å². The molecular formula is C32H37ClN4O5S. The number of hydrogen-bond donors (Lipinski definition) is 3. The van der Waals surface area contributed by atoms with Crippen LogP contribution in [-0.4, -0.2) is 57.3 Å². The van der Waals surface area contributed by atoms with Crippen LogP contribution in [0.15, 0.2) is 71.6 Å². The number of carbonyl (C=O) groups excluding carboxylic acids is 2. The van der Waals surface area contributed by atoms with Crippen molar-refractivity contribution >= 4 is 33.4 Å². The monoisotopic (exact) mass is 624 g/mol. The quantitative estimate of drug-likeness (QED) is 0.280. The maximum atomic E-state index is 13.4. The minimum Gasteiger partial charge on any atom is -0.496 e. The van der Waals surface area contributed by atoms with Crippen molar-refractivity contribution in [1.29, 1.82) is 0 Å². The molecule has 3 aromatic carbocycles. The Balaban J connectivity index is 1.20. The summed E-state index contributed by atoms with van der Waals surface area (Å²) in [7, 11) is -2.32. The van der Waals surface area contributed by atoms with Crippen LogP contribution in [-0.2, 0) is 39.0 Å². The Morgan fingerprint density at radius 1 is 1.12 bits per heavy atom. The first-order valence-corrected chi connectivity index (χ1v) is 16.4. The molecule has 9 nitrogen and oxygen atoms in total. The van der Waals surface area contributed by atoms with Gasteiger partial charge in [0.2, 0.25) is 21.8 Å². The Bertz CT molecular complexity index is 1560. The standard InChI is InChI=1S/C32H37ClN4O5S/c1-42-30-8-3-2-5-23(30)15-16-34-21-22-9-14-27-24(19-22)6-4-7-28(27)36-31(38)20-29-32(39)35-17-18-37(29)43(40,41)26-12-10-25(33)11-13-26/h2-3,5,8-14,19,28-29,34H,4,6-7,15-18,20-21H2,1H3,(H,35,39)(H,36,38)/t28-,29-/m1/s1. The molecule has 5 rings (SSSR count). The van der Waals surface area contributed by atoms with Gasteiger partial charge in [0.25, 0.3) is 0 Å². The summed E-state index contributed by atoms with van der Waals surface area (Å²) in [6, 6.07) is 18.8. The number of para-hydroxylation sites is 1. The largest absolute Gasteiger partial charge is 0.496 e. The number of nitrogens with one attached hydrogen (secondary N) is 3.